The van der Waals surface area contributed by atoms with Crippen LogP contribution in [0.1, 0.15) is 13.8 Å². The smallest absolute Gasteiger partial charge is 0.0964 e. The van der Waals surface area contributed by atoms with Gasteiger partial charge < -0.3 is 5.11 Å². The van der Waals surface area contributed by atoms with Gasteiger partial charge in [-0.05, 0) is 35.0 Å². The molecular formula is C9H12BrNOS. The van der Waals surface area contributed by atoms with E-state index in [1.165, 1.54) is 0 Å². The fourth-order valence-electron chi connectivity index (χ4n) is 0.721. The molecule has 0 radical (unpaired) electrons. The van der Waals surface area contributed by atoms with E-state index in [0.29, 0.717) is 0 Å². The Kier molecular flexibility index (Phi) is 4.22. The van der Waals surface area contributed by atoms with E-state index in [1.807, 2.05) is 19.1 Å². The number of halogens is 1. The van der Waals surface area contributed by atoms with Crippen molar-refractivity contribution in [2.45, 2.75) is 30.2 Å². The van der Waals surface area contributed by atoms with Crippen LogP contribution in [0, 0.1) is 0 Å². The summed E-state index contributed by atoms with van der Waals surface area (Å²) in [6, 6.07) is 3.89. The second-order valence-corrected chi connectivity index (χ2v) is 5.19. The number of pyridine rings is 1. The Balaban J connectivity index is 2.59. The number of nitrogens with zero attached hydrogens (tertiary/aromatic N) is 1. The lowest BCUT2D eigenvalue weighted by Crippen LogP contribution is -2.14. The molecule has 0 amide bonds. The number of rotatable bonds is 3. The standard InChI is InChI=1S/C9H12BrNOS/c1-6(12)7(2)13-9-4-3-8(10)5-11-9/h3-7,12H,1-2H3. The van der Waals surface area contributed by atoms with Crippen LogP contribution in [0.5, 0.6) is 0 Å². The maximum atomic E-state index is 9.28. The maximum Gasteiger partial charge on any atom is 0.0964 e. The largest absolute Gasteiger partial charge is 0.392 e. The van der Waals surface area contributed by atoms with Crippen molar-refractivity contribution in [3.05, 3.63) is 22.8 Å². The molecule has 1 rings (SSSR count). The van der Waals surface area contributed by atoms with E-state index in [2.05, 4.69) is 20.9 Å². The molecular weight excluding hydrogens is 250 g/mol. The minimum Gasteiger partial charge on any atom is -0.392 e. The molecule has 0 aliphatic heterocycles. The molecule has 1 aromatic heterocycles. The van der Waals surface area contributed by atoms with Gasteiger partial charge in [0, 0.05) is 15.9 Å². The highest BCUT2D eigenvalue weighted by molar-refractivity contribution is 9.10. The average molecular weight is 262 g/mol. The molecule has 1 aromatic rings. The molecule has 4 heteroatoms. The van der Waals surface area contributed by atoms with E-state index in [9.17, 15) is 5.11 Å². The number of hydrogen-bond donors (Lipinski definition) is 1. The van der Waals surface area contributed by atoms with Gasteiger partial charge in [0.2, 0.25) is 0 Å². The summed E-state index contributed by atoms with van der Waals surface area (Å²) in [7, 11) is 0. The predicted molar refractivity (Wildman–Crippen MR) is 58.9 cm³/mol. The van der Waals surface area contributed by atoms with Crippen molar-refractivity contribution >= 4 is 27.7 Å². The summed E-state index contributed by atoms with van der Waals surface area (Å²) in [5.74, 6) is 0. The van der Waals surface area contributed by atoms with E-state index in [1.54, 1.807) is 24.9 Å². The first-order chi connectivity index (χ1) is 6.09. The lowest BCUT2D eigenvalue weighted by molar-refractivity contribution is 0.196. The van der Waals surface area contributed by atoms with Gasteiger partial charge in [-0.25, -0.2) is 4.98 Å². The second-order valence-electron chi connectivity index (χ2n) is 2.88. The molecule has 72 valence electrons. The molecule has 0 aliphatic rings. The van der Waals surface area contributed by atoms with Gasteiger partial charge in [0.1, 0.15) is 0 Å². The van der Waals surface area contributed by atoms with Crippen LogP contribution in [-0.4, -0.2) is 21.4 Å². The van der Waals surface area contributed by atoms with Crippen molar-refractivity contribution in [2.75, 3.05) is 0 Å². The molecule has 0 saturated heterocycles. The number of thioether (sulfide) groups is 1. The normalized spacial score (nSPS) is 15.4. The molecule has 0 spiro atoms. The lowest BCUT2D eigenvalue weighted by atomic mass is 10.3. The lowest BCUT2D eigenvalue weighted by Gasteiger charge is -2.12. The summed E-state index contributed by atoms with van der Waals surface area (Å²) in [6.45, 7) is 3.77. The molecule has 0 fully saturated rings. The fraction of sp³-hybridized carbons (Fsp3) is 0.444. The summed E-state index contributed by atoms with van der Waals surface area (Å²) in [5, 5.41) is 10.4. The van der Waals surface area contributed by atoms with Crippen molar-refractivity contribution in [2.24, 2.45) is 0 Å². The van der Waals surface area contributed by atoms with E-state index < -0.39 is 0 Å². The molecule has 0 aromatic carbocycles. The quantitative estimate of drug-likeness (QED) is 0.850. The van der Waals surface area contributed by atoms with Crippen molar-refractivity contribution in [1.82, 2.24) is 4.98 Å². The molecule has 2 unspecified atom stereocenters. The van der Waals surface area contributed by atoms with Gasteiger partial charge in [0.15, 0.2) is 0 Å². The zero-order chi connectivity index (χ0) is 9.84. The Morgan fingerprint density at radius 3 is 2.62 bits per heavy atom. The molecule has 0 bridgehead atoms. The van der Waals surface area contributed by atoms with Gasteiger partial charge in [-0.1, -0.05) is 6.92 Å². The van der Waals surface area contributed by atoms with Crippen molar-refractivity contribution in [1.29, 1.82) is 0 Å². The van der Waals surface area contributed by atoms with Crippen LogP contribution in [0.4, 0.5) is 0 Å². The SMILES string of the molecule is CC(O)C(C)Sc1ccc(Br)cn1. The minimum atomic E-state index is -0.310. The molecule has 13 heavy (non-hydrogen) atoms. The van der Waals surface area contributed by atoms with Crippen LogP contribution >= 0.6 is 27.7 Å². The highest BCUT2D eigenvalue weighted by Gasteiger charge is 2.10. The van der Waals surface area contributed by atoms with Crippen molar-refractivity contribution in [3.63, 3.8) is 0 Å². The average Bonchev–Trinajstić information content (AvgIpc) is 2.08. The molecule has 1 heterocycles. The number of hydrogen-bond acceptors (Lipinski definition) is 3. The van der Waals surface area contributed by atoms with Crippen molar-refractivity contribution in [3.8, 4) is 0 Å². The van der Waals surface area contributed by atoms with Crippen molar-refractivity contribution < 1.29 is 5.11 Å². The van der Waals surface area contributed by atoms with Crippen LogP contribution in [0.3, 0.4) is 0 Å². The van der Waals surface area contributed by atoms with Gasteiger partial charge in [-0.3, -0.25) is 0 Å². The molecule has 1 N–H and O–H groups in total. The summed E-state index contributed by atoms with van der Waals surface area (Å²) in [6.07, 6.45) is 1.45. The van der Waals surface area contributed by atoms with Gasteiger partial charge in [-0.2, -0.15) is 0 Å². The first-order valence-corrected chi connectivity index (χ1v) is 5.73. The summed E-state index contributed by atoms with van der Waals surface area (Å²) < 4.78 is 0.974. The van der Waals surface area contributed by atoms with Crippen LogP contribution in [-0.2, 0) is 0 Å². The summed E-state index contributed by atoms with van der Waals surface area (Å²) in [5.41, 5.74) is 0. The Morgan fingerprint density at radius 1 is 1.46 bits per heavy atom. The van der Waals surface area contributed by atoms with Gasteiger partial charge in [0.05, 0.1) is 11.1 Å². The summed E-state index contributed by atoms with van der Waals surface area (Å²) in [4.78, 5) is 4.21. The van der Waals surface area contributed by atoms with Crippen LogP contribution in [0.25, 0.3) is 0 Å². The fourth-order valence-corrected chi connectivity index (χ4v) is 1.79. The van der Waals surface area contributed by atoms with Crippen LogP contribution in [0.2, 0.25) is 0 Å². The molecule has 0 saturated carbocycles. The van der Waals surface area contributed by atoms with Crippen LogP contribution in [0.15, 0.2) is 27.8 Å². The topological polar surface area (TPSA) is 33.1 Å². The zero-order valence-corrected chi connectivity index (χ0v) is 9.97. The van der Waals surface area contributed by atoms with E-state index in [0.717, 1.165) is 9.50 Å². The second kappa shape index (κ2) is 4.98. The van der Waals surface area contributed by atoms with Crippen LogP contribution < -0.4 is 0 Å². The number of aliphatic hydroxyl groups is 1. The monoisotopic (exact) mass is 261 g/mol. The molecule has 2 atom stereocenters. The highest BCUT2D eigenvalue weighted by Crippen LogP contribution is 2.23. The maximum absolute atomic E-state index is 9.28. The Morgan fingerprint density at radius 2 is 2.15 bits per heavy atom. The Bertz CT molecular complexity index is 263. The van der Waals surface area contributed by atoms with Gasteiger partial charge >= 0.3 is 0 Å². The number of aliphatic hydroxyl groups excluding tert-OH is 1. The predicted octanol–water partition coefficient (Wildman–Crippen LogP) is 2.71. The van der Waals surface area contributed by atoms with E-state index in [-0.39, 0.29) is 11.4 Å². The minimum absolute atomic E-state index is 0.175. The molecule has 0 aliphatic carbocycles. The van der Waals surface area contributed by atoms with Gasteiger partial charge in [-0.15, -0.1) is 11.8 Å². The van der Waals surface area contributed by atoms with E-state index in [4.69, 9.17) is 0 Å². The third kappa shape index (κ3) is 3.67. The zero-order valence-electron chi connectivity index (χ0n) is 7.57. The Labute approximate surface area is 90.9 Å². The first kappa shape index (κ1) is 11.0. The third-order valence-electron chi connectivity index (χ3n) is 1.69. The van der Waals surface area contributed by atoms with E-state index >= 15 is 0 Å². The molecule has 2 nitrogen and oxygen atoms in total. The number of aromatic nitrogens is 1. The summed E-state index contributed by atoms with van der Waals surface area (Å²) >= 11 is 4.90. The first-order valence-electron chi connectivity index (χ1n) is 4.06. The third-order valence-corrected chi connectivity index (χ3v) is 3.40. The Hall–Kier alpha value is -0.0600. The van der Waals surface area contributed by atoms with Gasteiger partial charge in [0.25, 0.3) is 0 Å². The highest BCUT2D eigenvalue weighted by atomic mass is 79.9.